The van der Waals surface area contributed by atoms with Crippen LogP contribution in [-0.4, -0.2) is 34.8 Å². The van der Waals surface area contributed by atoms with E-state index < -0.39 is 17.1 Å². The molecule has 7 nitrogen and oxygen atoms in total. The molecule has 0 saturated carbocycles. The number of rotatable bonds is 5. The number of benzene rings is 1. The van der Waals surface area contributed by atoms with Crippen molar-refractivity contribution < 1.29 is 19.1 Å². The second-order valence-electron chi connectivity index (χ2n) is 4.44. The van der Waals surface area contributed by atoms with Crippen LogP contribution in [0.25, 0.3) is 0 Å². The number of carbonyl (C=O) groups is 3. The van der Waals surface area contributed by atoms with Gasteiger partial charge in [-0.3, -0.25) is 9.59 Å². The number of amidine groups is 1. The van der Waals surface area contributed by atoms with E-state index in [9.17, 15) is 14.4 Å². The molecule has 1 atom stereocenters. The van der Waals surface area contributed by atoms with E-state index >= 15 is 0 Å². The van der Waals surface area contributed by atoms with Crippen LogP contribution >= 0.6 is 11.8 Å². The molecule has 0 fully saturated rings. The quantitative estimate of drug-likeness (QED) is 0.787. The minimum atomic E-state index is -0.571. The van der Waals surface area contributed by atoms with Crippen molar-refractivity contribution in [3.8, 4) is 0 Å². The Morgan fingerprint density at radius 1 is 1.36 bits per heavy atom. The van der Waals surface area contributed by atoms with Crippen molar-refractivity contribution in [3.63, 3.8) is 0 Å². The van der Waals surface area contributed by atoms with Crippen LogP contribution in [0, 0.1) is 0 Å². The van der Waals surface area contributed by atoms with Crippen molar-refractivity contribution in [2.75, 3.05) is 11.9 Å². The number of hydrogen-bond donors (Lipinski definition) is 2. The molecule has 2 rings (SSSR count). The lowest BCUT2D eigenvalue weighted by molar-refractivity contribution is -0.121. The van der Waals surface area contributed by atoms with Crippen LogP contribution in [0.1, 0.15) is 23.7 Å². The minimum absolute atomic E-state index is 0.00662. The van der Waals surface area contributed by atoms with Gasteiger partial charge in [-0.2, -0.15) is 4.99 Å². The summed E-state index contributed by atoms with van der Waals surface area (Å²) in [7, 11) is 0. The summed E-state index contributed by atoms with van der Waals surface area (Å²) >= 11 is 1.08. The molecule has 0 spiro atoms. The fourth-order valence-corrected chi connectivity index (χ4v) is 2.64. The normalized spacial score (nSPS) is 17.0. The van der Waals surface area contributed by atoms with Crippen molar-refractivity contribution in [2.24, 2.45) is 10.7 Å². The summed E-state index contributed by atoms with van der Waals surface area (Å²) in [5.41, 5.74) is 6.37. The molecule has 116 valence electrons. The summed E-state index contributed by atoms with van der Waals surface area (Å²) in [6, 6.07) is 6.31. The number of carbonyl (C=O) groups excluding carboxylic acids is 3. The van der Waals surface area contributed by atoms with E-state index in [1.807, 2.05) is 0 Å². The summed E-state index contributed by atoms with van der Waals surface area (Å²) < 4.78 is 4.87. The van der Waals surface area contributed by atoms with E-state index in [-0.39, 0.29) is 17.5 Å². The van der Waals surface area contributed by atoms with Gasteiger partial charge in [0.2, 0.25) is 5.91 Å². The van der Waals surface area contributed by atoms with E-state index in [2.05, 4.69) is 10.3 Å². The van der Waals surface area contributed by atoms with Crippen molar-refractivity contribution in [3.05, 3.63) is 29.8 Å². The number of nitrogens with one attached hydrogen (secondary N) is 1. The summed E-state index contributed by atoms with van der Waals surface area (Å²) in [5, 5.41) is 2.27. The van der Waals surface area contributed by atoms with Gasteiger partial charge in [-0.25, -0.2) is 4.79 Å². The van der Waals surface area contributed by atoms with Gasteiger partial charge in [0.25, 0.3) is 5.91 Å². The highest BCUT2D eigenvalue weighted by atomic mass is 32.2. The SMILES string of the molecule is CCOC(=O)c1ccc(NC(=O)C[C@H]2SC(N)=NC2=O)cc1. The molecule has 1 aliphatic rings. The highest BCUT2D eigenvalue weighted by molar-refractivity contribution is 8.15. The van der Waals surface area contributed by atoms with Gasteiger partial charge in [0.15, 0.2) is 5.17 Å². The topological polar surface area (TPSA) is 111 Å². The van der Waals surface area contributed by atoms with Crippen LogP contribution in [0.15, 0.2) is 29.3 Å². The van der Waals surface area contributed by atoms with Gasteiger partial charge in [-0.15, -0.1) is 0 Å². The van der Waals surface area contributed by atoms with Crippen molar-refractivity contribution in [1.29, 1.82) is 0 Å². The maximum atomic E-state index is 11.9. The molecule has 8 heteroatoms. The van der Waals surface area contributed by atoms with Crippen LogP contribution in [0.2, 0.25) is 0 Å². The summed E-state index contributed by atoms with van der Waals surface area (Å²) in [6.07, 6.45) is -0.00662. The lowest BCUT2D eigenvalue weighted by atomic mass is 10.2. The fourth-order valence-electron chi connectivity index (χ4n) is 1.82. The number of hydrogen-bond acceptors (Lipinski definition) is 6. The zero-order valence-corrected chi connectivity index (χ0v) is 12.7. The lowest BCUT2D eigenvalue weighted by Crippen LogP contribution is -2.21. The Morgan fingerprint density at radius 2 is 2.05 bits per heavy atom. The number of nitrogens with two attached hydrogens (primary N) is 1. The van der Waals surface area contributed by atoms with E-state index in [0.717, 1.165) is 11.8 Å². The van der Waals surface area contributed by atoms with Crippen LogP contribution in [0.4, 0.5) is 5.69 Å². The second-order valence-corrected chi connectivity index (χ2v) is 5.67. The smallest absolute Gasteiger partial charge is 0.338 e. The first kappa shape index (κ1) is 16.0. The zero-order valence-electron chi connectivity index (χ0n) is 11.9. The lowest BCUT2D eigenvalue weighted by Gasteiger charge is -2.08. The Hall–Kier alpha value is -2.35. The fraction of sp³-hybridized carbons (Fsp3) is 0.286. The summed E-state index contributed by atoms with van der Waals surface area (Å²) in [6.45, 7) is 2.03. The van der Waals surface area contributed by atoms with Gasteiger partial charge in [-0.05, 0) is 31.2 Å². The molecule has 0 radical (unpaired) electrons. The molecular weight excluding hydrogens is 306 g/mol. The zero-order chi connectivity index (χ0) is 16.1. The van der Waals surface area contributed by atoms with E-state index in [4.69, 9.17) is 10.5 Å². The number of thioether (sulfide) groups is 1. The molecule has 1 aromatic carbocycles. The van der Waals surface area contributed by atoms with Crippen LogP contribution in [0.5, 0.6) is 0 Å². The van der Waals surface area contributed by atoms with E-state index in [1.165, 1.54) is 0 Å². The third-order valence-corrected chi connectivity index (χ3v) is 3.80. The third kappa shape index (κ3) is 4.08. The number of esters is 1. The van der Waals surface area contributed by atoms with Gasteiger partial charge in [0, 0.05) is 12.1 Å². The average Bonchev–Trinajstić information content (AvgIpc) is 2.77. The molecular formula is C14H15N3O4S. The van der Waals surface area contributed by atoms with Crippen molar-refractivity contribution in [1.82, 2.24) is 0 Å². The molecule has 0 bridgehead atoms. The van der Waals surface area contributed by atoms with Gasteiger partial charge >= 0.3 is 5.97 Å². The monoisotopic (exact) mass is 321 g/mol. The molecule has 0 unspecified atom stereocenters. The molecule has 1 heterocycles. The van der Waals surface area contributed by atoms with Crippen molar-refractivity contribution >= 4 is 40.4 Å². The second kappa shape index (κ2) is 7.08. The summed E-state index contributed by atoms with van der Waals surface area (Å²) in [5.74, 6) is -1.13. The Bertz CT molecular complexity index is 627. The summed E-state index contributed by atoms with van der Waals surface area (Å²) in [4.78, 5) is 38.4. The van der Waals surface area contributed by atoms with Gasteiger partial charge in [0.05, 0.1) is 12.2 Å². The van der Waals surface area contributed by atoms with Gasteiger partial charge in [0.1, 0.15) is 5.25 Å². The van der Waals surface area contributed by atoms with Crippen molar-refractivity contribution in [2.45, 2.75) is 18.6 Å². The molecule has 1 aromatic rings. The molecule has 2 amide bonds. The Morgan fingerprint density at radius 3 is 2.59 bits per heavy atom. The maximum Gasteiger partial charge on any atom is 0.338 e. The predicted molar refractivity (Wildman–Crippen MR) is 83.7 cm³/mol. The first-order chi connectivity index (χ1) is 10.5. The van der Waals surface area contributed by atoms with Crippen LogP contribution in [0.3, 0.4) is 0 Å². The molecule has 3 N–H and O–H groups in total. The van der Waals surface area contributed by atoms with Gasteiger partial charge in [-0.1, -0.05) is 11.8 Å². The van der Waals surface area contributed by atoms with Gasteiger partial charge < -0.3 is 15.8 Å². The molecule has 0 aromatic heterocycles. The Balaban J connectivity index is 1.89. The van der Waals surface area contributed by atoms with Crippen LogP contribution in [-0.2, 0) is 14.3 Å². The minimum Gasteiger partial charge on any atom is -0.462 e. The maximum absolute atomic E-state index is 11.9. The number of aliphatic imine (C=N–C) groups is 1. The van der Waals surface area contributed by atoms with Crippen LogP contribution < -0.4 is 11.1 Å². The molecule has 22 heavy (non-hydrogen) atoms. The number of ether oxygens (including phenoxy) is 1. The Kier molecular flexibility index (Phi) is 5.16. The standard InChI is InChI=1S/C14H15N3O4S/c1-2-21-13(20)8-3-5-9(6-4-8)16-11(18)7-10-12(19)17-14(15)22-10/h3-6,10H,2,7H2,1H3,(H,16,18)(H2,15,17,19)/t10-/m1/s1. The largest absolute Gasteiger partial charge is 0.462 e. The third-order valence-electron chi connectivity index (χ3n) is 2.81. The number of anilines is 1. The average molecular weight is 321 g/mol. The highest BCUT2D eigenvalue weighted by Gasteiger charge is 2.29. The first-order valence-electron chi connectivity index (χ1n) is 6.61. The predicted octanol–water partition coefficient (Wildman–Crippen LogP) is 1.15. The molecule has 0 aliphatic carbocycles. The van der Waals surface area contributed by atoms with E-state index in [0.29, 0.717) is 17.9 Å². The molecule has 0 saturated heterocycles. The number of nitrogens with zero attached hydrogens (tertiary/aromatic N) is 1. The number of amides is 2. The molecule has 1 aliphatic heterocycles. The Labute approximate surface area is 131 Å². The first-order valence-corrected chi connectivity index (χ1v) is 7.49. The van der Waals surface area contributed by atoms with E-state index in [1.54, 1.807) is 31.2 Å². The highest BCUT2D eigenvalue weighted by Crippen LogP contribution is 2.23.